The number of hydrogen-bond donors (Lipinski definition) is 2. The summed E-state index contributed by atoms with van der Waals surface area (Å²) in [6.45, 7) is 5.53. The Balaban J connectivity index is 2.22. The number of carbonyl (C=O) groups is 1. The van der Waals surface area contributed by atoms with Crippen LogP contribution in [0.4, 0.5) is 5.69 Å². The number of aliphatic hydroxyl groups is 1. The standard InChI is InChI=1S/C15H21BrN2O3/c1-10(2)17-15(20)14-9-21-6-5-18(14)12-4-3-11(8-19)13(16)7-12/h3-4,7,10,14,19H,5-6,8-9H2,1-2H3,(H,17,20). The van der Waals surface area contributed by atoms with Crippen LogP contribution in [-0.4, -0.2) is 42.9 Å². The quantitative estimate of drug-likeness (QED) is 0.861. The SMILES string of the molecule is CC(C)NC(=O)C1COCCN1c1ccc(CO)c(Br)c1. The number of aliphatic hydroxyl groups excluding tert-OH is 1. The van der Waals surface area contributed by atoms with Gasteiger partial charge in [-0.2, -0.15) is 0 Å². The van der Waals surface area contributed by atoms with Crippen molar-refractivity contribution in [1.82, 2.24) is 5.32 Å². The zero-order valence-electron chi connectivity index (χ0n) is 12.3. The Hall–Kier alpha value is -1.11. The minimum absolute atomic E-state index is 0.0127. The lowest BCUT2D eigenvalue weighted by atomic mass is 10.1. The maximum atomic E-state index is 12.3. The van der Waals surface area contributed by atoms with Gasteiger partial charge in [0.1, 0.15) is 6.04 Å². The molecule has 1 heterocycles. The Labute approximate surface area is 133 Å². The highest BCUT2D eigenvalue weighted by Crippen LogP contribution is 2.26. The van der Waals surface area contributed by atoms with Gasteiger partial charge in [-0.05, 0) is 31.5 Å². The molecule has 1 amide bonds. The van der Waals surface area contributed by atoms with Crippen LogP contribution in [0, 0.1) is 0 Å². The van der Waals surface area contributed by atoms with Crippen molar-refractivity contribution in [3.63, 3.8) is 0 Å². The number of hydrogen-bond acceptors (Lipinski definition) is 4. The van der Waals surface area contributed by atoms with Crippen LogP contribution in [0.15, 0.2) is 22.7 Å². The maximum Gasteiger partial charge on any atom is 0.245 e. The number of halogens is 1. The third-order valence-corrected chi connectivity index (χ3v) is 4.14. The van der Waals surface area contributed by atoms with Crippen LogP contribution in [0.1, 0.15) is 19.4 Å². The Morgan fingerprint density at radius 1 is 1.57 bits per heavy atom. The second kappa shape index (κ2) is 7.24. The molecule has 0 aliphatic carbocycles. The zero-order chi connectivity index (χ0) is 15.4. The molecule has 0 saturated carbocycles. The van der Waals surface area contributed by atoms with Crippen molar-refractivity contribution >= 4 is 27.5 Å². The Bertz CT molecular complexity index is 508. The molecule has 2 rings (SSSR count). The normalized spacial score (nSPS) is 18.9. The summed E-state index contributed by atoms with van der Waals surface area (Å²) >= 11 is 3.45. The molecule has 1 unspecified atom stereocenters. The molecule has 0 bridgehead atoms. The number of carbonyl (C=O) groups excluding carboxylic acids is 1. The van der Waals surface area contributed by atoms with Crippen molar-refractivity contribution in [2.45, 2.75) is 32.5 Å². The van der Waals surface area contributed by atoms with Gasteiger partial charge >= 0.3 is 0 Å². The number of nitrogens with one attached hydrogen (secondary N) is 1. The van der Waals surface area contributed by atoms with E-state index in [9.17, 15) is 9.90 Å². The molecule has 1 aliphatic rings. The van der Waals surface area contributed by atoms with E-state index in [0.717, 1.165) is 15.7 Å². The molecule has 6 heteroatoms. The van der Waals surface area contributed by atoms with E-state index >= 15 is 0 Å². The molecular formula is C15H21BrN2O3. The van der Waals surface area contributed by atoms with Gasteiger partial charge in [-0.25, -0.2) is 0 Å². The van der Waals surface area contributed by atoms with E-state index in [1.807, 2.05) is 36.9 Å². The van der Waals surface area contributed by atoms with Crippen LogP contribution in [0.3, 0.4) is 0 Å². The average molecular weight is 357 g/mol. The smallest absolute Gasteiger partial charge is 0.245 e. The van der Waals surface area contributed by atoms with Crippen molar-refractivity contribution < 1.29 is 14.6 Å². The van der Waals surface area contributed by atoms with Gasteiger partial charge in [-0.3, -0.25) is 4.79 Å². The Morgan fingerprint density at radius 3 is 2.95 bits per heavy atom. The monoisotopic (exact) mass is 356 g/mol. The number of anilines is 1. The summed E-state index contributed by atoms with van der Waals surface area (Å²) in [6, 6.07) is 5.51. The molecule has 0 aromatic heterocycles. The van der Waals surface area contributed by atoms with Crippen molar-refractivity contribution in [2.24, 2.45) is 0 Å². The van der Waals surface area contributed by atoms with Crippen LogP contribution < -0.4 is 10.2 Å². The first-order chi connectivity index (χ1) is 10.0. The molecule has 1 fully saturated rings. The fraction of sp³-hybridized carbons (Fsp3) is 0.533. The lowest BCUT2D eigenvalue weighted by molar-refractivity contribution is -0.125. The summed E-state index contributed by atoms with van der Waals surface area (Å²) in [6.07, 6.45) is 0. The van der Waals surface area contributed by atoms with Gasteiger partial charge < -0.3 is 20.1 Å². The number of ether oxygens (including phenoxy) is 1. The molecule has 0 radical (unpaired) electrons. The van der Waals surface area contributed by atoms with E-state index in [1.54, 1.807) is 0 Å². The number of rotatable bonds is 4. The van der Waals surface area contributed by atoms with Crippen molar-refractivity contribution in [2.75, 3.05) is 24.7 Å². The molecule has 21 heavy (non-hydrogen) atoms. The predicted octanol–water partition coefficient (Wildman–Crippen LogP) is 1.67. The van der Waals surface area contributed by atoms with Crippen LogP contribution >= 0.6 is 15.9 Å². The summed E-state index contributed by atoms with van der Waals surface area (Å²) in [5, 5.41) is 12.2. The van der Waals surface area contributed by atoms with Gasteiger partial charge in [-0.15, -0.1) is 0 Å². The topological polar surface area (TPSA) is 61.8 Å². The Morgan fingerprint density at radius 2 is 2.33 bits per heavy atom. The highest BCUT2D eigenvalue weighted by atomic mass is 79.9. The van der Waals surface area contributed by atoms with Crippen LogP contribution in [0.5, 0.6) is 0 Å². The zero-order valence-corrected chi connectivity index (χ0v) is 13.9. The van der Waals surface area contributed by atoms with E-state index in [1.165, 1.54) is 0 Å². The second-order valence-corrected chi connectivity index (χ2v) is 6.24. The largest absolute Gasteiger partial charge is 0.392 e. The lowest BCUT2D eigenvalue weighted by Crippen LogP contribution is -2.55. The van der Waals surface area contributed by atoms with Crippen LogP contribution in [0.25, 0.3) is 0 Å². The molecule has 1 aromatic carbocycles. The number of nitrogens with zero attached hydrogens (tertiary/aromatic N) is 1. The molecular weight excluding hydrogens is 336 g/mol. The molecule has 1 saturated heterocycles. The van der Waals surface area contributed by atoms with Crippen LogP contribution in [-0.2, 0) is 16.1 Å². The van der Waals surface area contributed by atoms with E-state index in [-0.39, 0.29) is 24.6 Å². The predicted molar refractivity (Wildman–Crippen MR) is 85.3 cm³/mol. The summed E-state index contributed by atoms with van der Waals surface area (Å²) in [5.74, 6) is -0.0212. The highest BCUT2D eigenvalue weighted by Gasteiger charge is 2.30. The minimum atomic E-state index is -0.326. The maximum absolute atomic E-state index is 12.3. The first-order valence-corrected chi connectivity index (χ1v) is 7.86. The summed E-state index contributed by atoms with van der Waals surface area (Å²) in [5.41, 5.74) is 1.78. The van der Waals surface area contributed by atoms with Gasteiger partial charge in [0.2, 0.25) is 5.91 Å². The van der Waals surface area contributed by atoms with Crippen LogP contribution in [0.2, 0.25) is 0 Å². The minimum Gasteiger partial charge on any atom is -0.392 e. The lowest BCUT2D eigenvalue weighted by Gasteiger charge is -2.36. The summed E-state index contributed by atoms with van der Waals surface area (Å²) < 4.78 is 6.30. The first kappa shape index (κ1) is 16.3. The molecule has 2 N–H and O–H groups in total. The van der Waals surface area contributed by atoms with Crippen molar-refractivity contribution in [3.8, 4) is 0 Å². The second-order valence-electron chi connectivity index (χ2n) is 5.38. The molecule has 0 spiro atoms. The third-order valence-electron chi connectivity index (χ3n) is 3.40. The van der Waals surface area contributed by atoms with Gasteiger partial charge in [-0.1, -0.05) is 22.0 Å². The van der Waals surface area contributed by atoms with Gasteiger partial charge in [0, 0.05) is 22.7 Å². The Kier molecular flexibility index (Phi) is 5.61. The third kappa shape index (κ3) is 3.96. The molecule has 116 valence electrons. The average Bonchev–Trinajstić information content (AvgIpc) is 2.46. The van der Waals surface area contributed by atoms with Crippen molar-refractivity contribution in [3.05, 3.63) is 28.2 Å². The first-order valence-electron chi connectivity index (χ1n) is 7.07. The highest BCUT2D eigenvalue weighted by molar-refractivity contribution is 9.10. The van der Waals surface area contributed by atoms with E-state index < -0.39 is 0 Å². The number of amides is 1. The number of benzene rings is 1. The van der Waals surface area contributed by atoms with E-state index in [0.29, 0.717) is 19.8 Å². The molecule has 1 atom stereocenters. The van der Waals surface area contributed by atoms with Crippen molar-refractivity contribution in [1.29, 1.82) is 0 Å². The van der Waals surface area contributed by atoms with E-state index in [4.69, 9.17) is 4.74 Å². The summed E-state index contributed by atoms with van der Waals surface area (Å²) in [7, 11) is 0. The van der Waals surface area contributed by atoms with Gasteiger partial charge in [0.15, 0.2) is 0 Å². The van der Waals surface area contributed by atoms with E-state index in [2.05, 4.69) is 21.2 Å². The van der Waals surface area contributed by atoms with Gasteiger partial charge in [0.05, 0.1) is 19.8 Å². The molecule has 1 aliphatic heterocycles. The number of morpholine rings is 1. The fourth-order valence-electron chi connectivity index (χ4n) is 2.35. The van der Waals surface area contributed by atoms with Gasteiger partial charge in [0.25, 0.3) is 0 Å². The molecule has 5 nitrogen and oxygen atoms in total. The fourth-order valence-corrected chi connectivity index (χ4v) is 2.85. The summed E-state index contributed by atoms with van der Waals surface area (Å²) in [4.78, 5) is 14.4. The molecule has 1 aromatic rings.